The molecule has 0 bridgehead atoms. The molecule has 0 aromatic heterocycles. The van der Waals surface area contributed by atoms with Gasteiger partial charge in [0.25, 0.3) is 0 Å². The normalized spacial score (nSPS) is 23.2. The van der Waals surface area contributed by atoms with Gasteiger partial charge in [0.1, 0.15) is 0 Å². The van der Waals surface area contributed by atoms with Crippen LogP contribution in [0.3, 0.4) is 0 Å². The van der Waals surface area contributed by atoms with Crippen LogP contribution in [0.5, 0.6) is 0 Å². The Hall–Kier alpha value is -1.94. The Bertz CT molecular complexity index is 982. The van der Waals surface area contributed by atoms with E-state index in [-0.39, 0.29) is 6.04 Å². The fourth-order valence-corrected chi connectivity index (χ4v) is 5.89. The Labute approximate surface area is 219 Å². The summed E-state index contributed by atoms with van der Waals surface area (Å²) in [4.78, 5) is 2.61. The first-order chi connectivity index (χ1) is 17.3. The third-order valence-corrected chi connectivity index (χ3v) is 8.69. The summed E-state index contributed by atoms with van der Waals surface area (Å²) in [5.41, 5.74) is 6.05. The molecule has 2 aliphatic carbocycles. The first-order valence-corrected chi connectivity index (χ1v) is 14.2. The van der Waals surface area contributed by atoms with E-state index in [0.717, 1.165) is 57.5 Å². The second-order valence-corrected chi connectivity index (χ2v) is 11.6. The highest BCUT2D eigenvalue weighted by molar-refractivity contribution is 5.30. The van der Waals surface area contributed by atoms with E-state index in [2.05, 4.69) is 74.7 Å². The number of nitrogens with zero attached hydrogens (tertiary/aromatic N) is 1. The molecule has 3 heteroatoms. The lowest BCUT2D eigenvalue weighted by molar-refractivity contribution is -0.0736. The van der Waals surface area contributed by atoms with Gasteiger partial charge in [0.05, 0.1) is 12.2 Å². The van der Waals surface area contributed by atoms with Crippen LogP contribution in [-0.2, 0) is 17.8 Å². The zero-order valence-corrected chi connectivity index (χ0v) is 22.8. The summed E-state index contributed by atoms with van der Waals surface area (Å²) in [7, 11) is 0. The van der Waals surface area contributed by atoms with Crippen LogP contribution in [0.2, 0.25) is 0 Å². The number of benzene rings is 2. The van der Waals surface area contributed by atoms with Crippen LogP contribution in [0.15, 0.2) is 60.7 Å². The number of rotatable bonds is 13. The van der Waals surface area contributed by atoms with Gasteiger partial charge in [0.2, 0.25) is 0 Å². The van der Waals surface area contributed by atoms with E-state index in [1.54, 1.807) is 0 Å². The summed E-state index contributed by atoms with van der Waals surface area (Å²) in [5.74, 6) is 1.15. The largest absolute Gasteiger partial charge is 0.388 e. The zero-order valence-electron chi connectivity index (χ0n) is 22.8. The van der Waals surface area contributed by atoms with E-state index in [1.165, 1.54) is 40.7 Å². The van der Waals surface area contributed by atoms with Gasteiger partial charge in [-0.15, -0.1) is 0 Å². The van der Waals surface area contributed by atoms with Gasteiger partial charge < -0.3 is 9.84 Å². The lowest BCUT2D eigenvalue weighted by atomic mass is 9.71. The number of allylic oxidation sites excluding steroid dienone is 1. The minimum Gasteiger partial charge on any atom is -0.388 e. The smallest absolute Gasteiger partial charge is 0.0808 e. The third-order valence-electron chi connectivity index (χ3n) is 8.69. The van der Waals surface area contributed by atoms with Crippen molar-refractivity contribution in [1.29, 1.82) is 0 Å². The average molecular weight is 490 g/mol. The van der Waals surface area contributed by atoms with E-state index < -0.39 is 5.60 Å². The lowest BCUT2D eigenvalue weighted by Gasteiger charge is -2.46. The fourth-order valence-electron chi connectivity index (χ4n) is 5.89. The van der Waals surface area contributed by atoms with Crippen LogP contribution < -0.4 is 0 Å². The summed E-state index contributed by atoms with van der Waals surface area (Å²) < 4.78 is 5.99. The molecule has 1 N–H and O–H groups in total. The maximum Gasteiger partial charge on any atom is 0.0808 e. The molecule has 4 rings (SSSR count). The number of aliphatic hydroxyl groups is 1. The highest BCUT2D eigenvalue weighted by Gasteiger charge is 2.43. The number of hydrogen-bond acceptors (Lipinski definition) is 3. The van der Waals surface area contributed by atoms with Gasteiger partial charge in [0, 0.05) is 19.2 Å². The molecule has 3 unspecified atom stereocenters. The standard InChI is InChI=1S/C33H47NO2/c1-25-12-13-26(2)31(21-25)11-8-19-34(23-29-14-15-29)28(4)33(35)18-16-27(3)32(22-33)17-20-36-24-30-9-6-5-7-10-30/h5-7,9-10,12-13,21,28-29,32,35H,3,8,11,14-20,22-24H2,1-2,4H3. The predicted molar refractivity (Wildman–Crippen MR) is 150 cm³/mol. The third kappa shape index (κ3) is 7.54. The molecular weight excluding hydrogens is 442 g/mol. The minimum atomic E-state index is -0.653. The van der Waals surface area contributed by atoms with Crippen LogP contribution in [0.1, 0.15) is 74.1 Å². The highest BCUT2D eigenvalue weighted by Crippen LogP contribution is 2.41. The average Bonchev–Trinajstić information content (AvgIpc) is 3.70. The number of hydrogen-bond donors (Lipinski definition) is 1. The van der Waals surface area contributed by atoms with Crippen molar-refractivity contribution in [3.05, 3.63) is 82.9 Å². The molecule has 2 aromatic rings. The van der Waals surface area contributed by atoms with E-state index >= 15 is 0 Å². The Morgan fingerprint density at radius 2 is 1.92 bits per heavy atom. The van der Waals surface area contributed by atoms with Gasteiger partial charge >= 0.3 is 0 Å². The van der Waals surface area contributed by atoms with Gasteiger partial charge in [-0.05, 0) is 107 Å². The van der Waals surface area contributed by atoms with Crippen molar-refractivity contribution in [1.82, 2.24) is 4.90 Å². The summed E-state index contributed by atoms with van der Waals surface area (Å²) in [6.07, 6.45) is 8.43. The van der Waals surface area contributed by atoms with Gasteiger partial charge in [0.15, 0.2) is 0 Å². The molecule has 2 aromatic carbocycles. The molecule has 0 amide bonds. The molecule has 3 atom stereocenters. The Morgan fingerprint density at radius 3 is 2.67 bits per heavy atom. The number of ether oxygens (including phenoxy) is 1. The van der Waals surface area contributed by atoms with Crippen LogP contribution in [-0.4, -0.2) is 41.3 Å². The van der Waals surface area contributed by atoms with Crippen molar-refractivity contribution in [2.45, 2.75) is 90.4 Å². The van der Waals surface area contributed by atoms with Crippen molar-refractivity contribution in [3.63, 3.8) is 0 Å². The van der Waals surface area contributed by atoms with Crippen molar-refractivity contribution in [2.75, 3.05) is 19.7 Å². The second-order valence-electron chi connectivity index (χ2n) is 11.6. The molecule has 36 heavy (non-hydrogen) atoms. The maximum absolute atomic E-state index is 11.9. The lowest BCUT2D eigenvalue weighted by Crippen LogP contribution is -2.54. The zero-order chi connectivity index (χ0) is 25.5. The Morgan fingerprint density at radius 1 is 1.14 bits per heavy atom. The van der Waals surface area contributed by atoms with E-state index in [1.807, 2.05) is 6.07 Å². The van der Waals surface area contributed by atoms with Crippen molar-refractivity contribution in [2.24, 2.45) is 11.8 Å². The molecular formula is C33H47NO2. The molecule has 0 heterocycles. The molecule has 0 radical (unpaired) electrons. The van der Waals surface area contributed by atoms with Crippen molar-refractivity contribution in [3.8, 4) is 0 Å². The molecule has 2 fully saturated rings. The second kappa shape index (κ2) is 12.5. The van der Waals surface area contributed by atoms with Crippen molar-refractivity contribution >= 4 is 0 Å². The quantitative estimate of drug-likeness (QED) is 0.242. The van der Waals surface area contributed by atoms with Crippen LogP contribution in [0.4, 0.5) is 0 Å². The molecule has 0 spiro atoms. The van der Waals surface area contributed by atoms with Crippen LogP contribution >= 0.6 is 0 Å². The van der Waals surface area contributed by atoms with E-state index in [0.29, 0.717) is 19.1 Å². The van der Waals surface area contributed by atoms with Crippen molar-refractivity contribution < 1.29 is 9.84 Å². The summed E-state index contributed by atoms with van der Waals surface area (Å²) >= 11 is 0. The van der Waals surface area contributed by atoms with Gasteiger partial charge in [-0.25, -0.2) is 0 Å². The topological polar surface area (TPSA) is 32.7 Å². The first kappa shape index (κ1) is 27.1. The first-order valence-electron chi connectivity index (χ1n) is 14.2. The summed E-state index contributed by atoms with van der Waals surface area (Å²) in [6, 6.07) is 17.3. The van der Waals surface area contributed by atoms with Crippen LogP contribution in [0.25, 0.3) is 0 Å². The minimum absolute atomic E-state index is 0.164. The van der Waals surface area contributed by atoms with Gasteiger partial charge in [-0.2, -0.15) is 0 Å². The van der Waals surface area contributed by atoms with E-state index in [9.17, 15) is 5.11 Å². The Kier molecular flexibility index (Phi) is 9.44. The fraction of sp³-hybridized carbons (Fsp3) is 0.576. The van der Waals surface area contributed by atoms with Crippen LogP contribution in [0, 0.1) is 25.7 Å². The molecule has 0 aliphatic heterocycles. The molecule has 0 saturated heterocycles. The molecule has 3 nitrogen and oxygen atoms in total. The maximum atomic E-state index is 11.9. The molecule has 2 saturated carbocycles. The predicted octanol–water partition coefficient (Wildman–Crippen LogP) is 7.03. The van der Waals surface area contributed by atoms with E-state index in [4.69, 9.17) is 4.74 Å². The molecule has 2 aliphatic rings. The summed E-state index contributed by atoms with van der Waals surface area (Å²) in [6.45, 7) is 14.6. The SMILES string of the molecule is C=C1CCC(O)(C(C)N(CCCc2cc(C)ccc2C)CC2CC2)CC1CCOCc1ccccc1. The number of aryl methyl sites for hydroxylation is 3. The van der Waals surface area contributed by atoms with Gasteiger partial charge in [-0.1, -0.05) is 66.2 Å². The van der Waals surface area contributed by atoms with Gasteiger partial charge in [-0.3, -0.25) is 4.90 Å². The Balaban J connectivity index is 1.32. The monoisotopic (exact) mass is 489 g/mol. The molecule has 196 valence electrons. The highest BCUT2D eigenvalue weighted by atomic mass is 16.5. The summed E-state index contributed by atoms with van der Waals surface area (Å²) in [5, 5.41) is 11.9.